The van der Waals surface area contributed by atoms with Gasteiger partial charge in [-0.1, -0.05) is 29.8 Å². The fraction of sp³-hybridized carbons (Fsp3) is 0.412. The Labute approximate surface area is 164 Å². The van der Waals surface area contributed by atoms with Crippen molar-refractivity contribution in [1.82, 2.24) is 4.72 Å². The molecular formula is C17H22Cl2N2O2S2. The van der Waals surface area contributed by atoms with Gasteiger partial charge in [-0.3, -0.25) is 0 Å². The van der Waals surface area contributed by atoms with Crippen LogP contribution in [0.2, 0.25) is 5.02 Å². The van der Waals surface area contributed by atoms with Gasteiger partial charge >= 0.3 is 0 Å². The predicted molar refractivity (Wildman–Crippen MR) is 106 cm³/mol. The van der Waals surface area contributed by atoms with Crippen molar-refractivity contribution >= 4 is 45.4 Å². The fourth-order valence-corrected chi connectivity index (χ4v) is 5.92. The molecule has 1 fully saturated rings. The third-order valence-electron chi connectivity index (χ3n) is 4.85. The number of nitrogens with one attached hydrogen (secondary N) is 1. The number of sulfonamides is 1. The maximum atomic E-state index is 12.4. The van der Waals surface area contributed by atoms with Crippen LogP contribution in [0.5, 0.6) is 0 Å². The summed E-state index contributed by atoms with van der Waals surface area (Å²) < 4.78 is 27.9. The zero-order chi connectivity index (χ0) is 17.2. The molecule has 0 radical (unpaired) electrons. The van der Waals surface area contributed by atoms with Gasteiger partial charge < -0.3 is 5.73 Å². The first kappa shape index (κ1) is 20.7. The normalized spacial score (nSPS) is 23.8. The number of rotatable bonds is 5. The molecule has 0 bridgehead atoms. The summed E-state index contributed by atoms with van der Waals surface area (Å²) >= 11 is 7.36. The Morgan fingerprint density at radius 3 is 2.52 bits per heavy atom. The molecule has 2 aromatic rings. The van der Waals surface area contributed by atoms with Crippen LogP contribution in [-0.2, 0) is 15.4 Å². The molecule has 4 nitrogen and oxygen atoms in total. The van der Waals surface area contributed by atoms with Crippen LogP contribution in [0.25, 0.3) is 0 Å². The second kappa shape index (κ2) is 8.37. The van der Waals surface area contributed by atoms with E-state index in [1.165, 1.54) is 11.3 Å². The van der Waals surface area contributed by atoms with Gasteiger partial charge in [-0.15, -0.1) is 23.7 Å². The first-order valence-corrected chi connectivity index (χ1v) is 10.7. The van der Waals surface area contributed by atoms with E-state index in [0.717, 1.165) is 31.2 Å². The second-order valence-electron chi connectivity index (χ2n) is 6.32. The lowest BCUT2D eigenvalue weighted by atomic mass is 9.68. The Bertz CT molecular complexity index is 787. The first-order valence-electron chi connectivity index (χ1n) is 7.97. The molecule has 8 heteroatoms. The summed E-state index contributed by atoms with van der Waals surface area (Å²) in [4.78, 5) is 0. The largest absolute Gasteiger partial charge is 0.330 e. The monoisotopic (exact) mass is 420 g/mol. The molecular weight excluding hydrogens is 399 g/mol. The molecule has 3 rings (SSSR count). The second-order valence-corrected chi connectivity index (χ2v) is 9.65. The van der Waals surface area contributed by atoms with E-state index in [2.05, 4.69) is 10.8 Å². The molecule has 0 aliphatic heterocycles. The number of hydrogen-bond donors (Lipinski definition) is 2. The summed E-state index contributed by atoms with van der Waals surface area (Å²) in [5.41, 5.74) is 7.12. The van der Waals surface area contributed by atoms with Crippen LogP contribution in [0.3, 0.4) is 0 Å². The Kier molecular flexibility index (Phi) is 6.93. The van der Waals surface area contributed by atoms with Crippen molar-refractivity contribution in [2.45, 2.75) is 41.3 Å². The van der Waals surface area contributed by atoms with Crippen molar-refractivity contribution in [3.05, 3.63) is 52.4 Å². The van der Waals surface area contributed by atoms with Gasteiger partial charge in [0.2, 0.25) is 10.0 Å². The summed E-state index contributed by atoms with van der Waals surface area (Å²) in [7, 11) is -3.42. The Balaban J connectivity index is 0.00000225. The SMILES string of the molecule is Cl.NC[C@]1(c2cccc(Cl)c2)CC[C@H](NS(=O)(=O)c2cccs2)CC1. The molecule has 1 aliphatic rings. The van der Waals surface area contributed by atoms with Gasteiger partial charge in [0.1, 0.15) is 4.21 Å². The molecule has 1 saturated carbocycles. The molecule has 0 unspecified atom stereocenters. The van der Waals surface area contributed by atoms with E-state index in [-0.39, 0.29) is 23.9 Å². The van der Waals surface area contributed by atoms with Crippen LogP contribution in [0.1, 0.15) is 31.2 Å². The van der Waals surface area contributed by atoms with Gasteiger partial charge in [-0.05, 0) is 54.8 Å². The topological polar surface area (TPSA) is 72.2 Å². The zero-order valence-corrected chi connectivity index (χ0v) is 16.9. The lowest BCUT2D eigenvalue weighted by molar-refractivity contribution is 0.267. The highest BCUT2D eigenvalue weighted by atomic mass is 35.5. The van der Waals surface area contributed by atoms with Crippen LogP contribution in [0, 0.1) is 0 Å². The molecule has 1 heterocycles. The molecule has 3 N–H and O–H groups in total. The van der Waals surface area contributed by atoms with Crippen molar-refractivity contribution in [2.75, 3.05) is 6.54 Å². The smallest absolute Gasteiger partial charge is 0.250 e. The van der Waals surface area contributed by atoms with E-state index in [4.69, 9.17) is 17.3 Å². The zero-order valence-electron chi connectivity index (χ0n) is 13.7. The predicted octanol–water partition coefficient (Wildman–Crippen LogP) is 3.94. The minimum Gasteiger partial charge on any atom is -0.330 e. The Morgan fingerprint density at radius 2 is 1.96 bits per heavy atom. The number of thiophene rings is 1. The van der Waals surface area contributed by atoms with Crippen molar-refractivity contribution < 1.29 is 8.42 Å². The molecule has 138 valence electrons. The quantitative estimate of drug-likeness (QED) is 0.768. The van der Waals surface area contributed by atoms with Gasteiger partial charge in [-0.2, -0.15) is 0 Å². The van der Waals surface area contributed by atoms with Crippen LogP contribution < -0.4 is 10.5 Å². The molecule has 1 aromatic heterocycles. The van der Waals surface area contributed by atoms with Crippen LogP contribution in [0.4, 0.5) is 0 Å². The van der Waals surface area contributed by atoms with E-state index in [9.17, 15) is 8.42 Å². The molecule has 1 aliphatic carbocycles. The standard InChI is InChI=1S/C17H21ClN2O2S2.ClH/c18-14-4-1-3-13(11-14)17(12-19)8-6-15(7-9-17)20-24(21,22)16-5-2-10-23-16;/h1-5,10-11,15,20H,6-9,12,19H2;1H/t15-,17-;. The number of hydrogen-bond acceptors (Lipinski definition) is 4. The summed E-state index contributed by atoms with van der Waals surface area (Å²) in [5, 5.41) is 2.48. The molecule has 0 spiro atoms. The maximum absolute atomic E-state index is 12.4. The number of benzene rings is 1. The van der Waals surface area contributed by atoms with E-state index >= 15 is 0 Å². The number of halogens is 2. The summed E-state index contributed by atoms with van der Waals surface area (Å²) in [5.74, 6) is 0. The number of nitrogens with two attached hydrogens (primary N) is 1. The van der Waals surface area contributed by atoms with Crippen LogP contribution in [0.15, 0.2) is 46.0 Å². The molecule has 0 saturated heterocycles. The van der Waals surface area contributed by atoms with Gasteiger partial charge in [0.15, 0.2) is 0 Å². The van der Waals surface area contributed by atoms with Gasteiger partial charge in [0.05, 0.1) is 0 Å². The van der Waals surface area contributed by atoms with Crippen molar-refractivity contribution in [3.63, 3.8) is 0 Å². The fourth-order valence-electron chi connectivity index (χ4n) is 3.41. The summed E-state index contributed by atoms with van der Waals surface area (Å²) in [6, 6.07) is 11.2. The summed E-state index contributed by atoms with van der Waals surface area (Å²) in [6.07, 6.45) is 3.24. The molecule has 0 amide bonds. The average molecular weight is 421 g/mol. The van der Waals surface area contributed by atoms with Gasteiger partial charge in [0, 0.05) is 23.0 Å². The highest BCUT2D eigenvalue weighted by Crippen LogP contribution is 2.39. The van der Waals surface area contributed by atoms with E-state index in [0.29, 0.717) is 15.8 Å². The third kappa shape index (κ3) is 4.56. The van der Waals surface area contributed by atoms with Crippen molar-refractivity contribution in [3.8, 4) is 0 Å². The highest BCUT2D eigenvalue weighted by molar-refractivity contribution is 7.91. The highest BCUT2D eigenvalue weighted by Gasteiger charge is 2.37. The average Bonchev–Trinajstić information content (AvgIpc) is 3.11. The third-order valence-corrected chi connectivity index (χ3v) is 8.01. The van der Waals surface area contributed by atoms with Gasteiger partial charge in [0.25, 0.3) is 0 Å². The van der Waals surface area contributed by atoms with Crippen molar-refractivity contribution in [2.24, 2.45) is 5.73 Å². The van der Waals surface area contributed by atoms with Crippen LogP contribution in [-0.4, -0.2) is 21.0 Å². The van der Waals surface area contributed by atoms with E-state index in [1.807, 2.05) is 18.2 Å². The molecule has 1 aromatic carbocycles. The maximum Gasteiger partial charge on any atom is 0.250 e. The minimum absolute atomic E-state index is 0. The van der Waals surface area contributed by atoms with Crippen molar-refractivity contribution in [1.29, 1.82) is 0 Å². The summed E-state index contributed by atoms with van der Waals surface area (Å²) in [6.45, 7) is 0.539. The lowest BCUT2D eigenvalue weighted by Gasteiger charge is -2.40. The van der Waals surface area contributed by atoms with Gasteiger partial charge in [-0.25, -0.2) is 13.1 Å². The Hall–Kier alpha value is -0.630. The Morgan fingerprint density at radius 1 is 1.24 bits per heavy atom. The first-order chi connectivity index (χ1) is 11.5. The minimum atomic E-state index is -3.42. The van der Waals surface area contributed by atoms with Crippen LogP contribution >= 0.6 is 35.3 Å². The van der Waals surface area contributed by atoms with E-state index < -0.39 is 10.0 Å². The molecule has 25 heavy (non-hydrogen) atoms. The molecule has 0 atom stereocenters. The van der Waals surface area contributed by atoms with E-state index in [1.54, 1.807) is 17.5 Å². The lowest BCUT2D eigenvalue weighted by Crippen LogP contribution is -2.45.